The van der Waals surface area contributed by atoms with Crippen LogP contribution in [0, 0.1) is 0 Å². The highest BCUT2D eigenvalue weighted by Gasteiger charge is 2.09. The van der Waals surface area contributed by atoms with Crippen LogP contribution in [0.4, 0.5) is 0 Å². The predicted molar refractivity (Wildman–Crippen MR) is 41.7 cm³/mol. The van der Waals surface area contributed by atoms with Crippen LogP contribution < -0.4 is 22.3 Å². The van der Waals surface area contributed by atoms with Gasteiger partial charge in [-0.3, -0.25) is 0 Å². The Bertz CT molecular complexity index is 71.7. The van der Waals surface area contributed by atoms with Gasteiger partial charge in [0.25, 0.3) is 0 Å². The Labute approximate surface area is 75.8 Å². The molecule has 10 heavy (non-hydrogen) atoms. The van der Waals surface area contributed by atoms with Crippen molar-refractivity contribution in [1.82, 2.24) is 5.32 Å². The number of hydrogen-bond donors (Lipinski definition) is 1. The molecule has 0 bridgehead atoms. The first-order chi connectivity index (χ1) is 4.43. The average molecular weight is 208 g/mol. The Morgan fingerprint density at radius 1 is 1.50 bits per heavy atom. The van der Waals surface area contributed by atoms with Crippen LogP contribution in [0.25, 0.3) is 0 Å². The van der Waals surface area contributed by atoms with Crippen LogP contribution >= 0.6 is 0 Å². The van der Waals surface area contributed by atoms with E-state index in [0.717, 1.165) is 6.04 Å². The lowest BCUT2D eigenvalue weighted by atomic mass is 10.0. The second-order valence-corrected chi connectivity index (χ2v) is 2.94. The molecule has 1 saturated heterocycles. The summed E-state index contributed by atoms with van der Waals surface area (Å²) in [5.41, 5.74) is 0. The minimum Gasteiger partial charge on any atom is -1.00 e. The molecule has 0 aromatic carbocycles. The van der Waals surface area contributed by atoms with Gasteiger partial charge < -0.3 is 22.3 Å². The average Bonchev–Trinajstić information content (AvgIpc) is 1.91. The van der Waals surface area contributed by atoms with Crippen LogP contribution in [0.5, 0.6) is 0 Å². The quantitative estimate of drug-likeness (QED) is 0.616. The van der Waals surface area contributed by atoms with E-state index >= 15 is 0 Å². The molecular formula is C8H18BrN. The lowest BCUT2D eigenvalue weighted by Gasteiger charge is -2.22. The summed E-state index contributed by atoms with van der Waals surface area (Å²) in [6, 6.07) is 0.851. The van der Waals surface area contributed by atoms with E-state index < -0.39 is 0 Å². The maximum absolute atomic E-state index is 3.52. The van der Waals surface area contributed by atoms with Crippen molar-refractivity contribution in [2.24, 2.45) is 0 Å². The van der Waals surface area contributed by atoms with Crippen LogP contribution in [0.15, 0.2) is 0 Å². The van der Waals surface area contributed by atoms with Crippen molar-refractivity contribution in [2.75, 3.05) is 6.54 Å². The van der Waals surface area contributed by atoms with Gasteiger partial charge in [-0.15, -0.1) is 0 Å². The zero-order chi connectivity index (χ0) is 6.53. The Morgan fingerprint density at radius 3 is 2.80 bits per heavy atom. The summed E-state index contributed by atoms with van der Waals surface area (Å²) < 4.78 is 0. The van der Waals surface area contributed by atoms with Crippen LogP contribution in [-0.4, -0.2) is 12.6 Å². The minimum atomic E-state index is 0. The largest absolute Gasteiger partial charge is 1.00 e. The van der Waals surface area contributed by atoms with Gasteiger partial charge in [0, 0.05) is 6.04 Å². The predicted octanol–water partition coefficient (Wildman–Crippen LogP) is -0.955. The normalized spacial score (nSPS) is 25.5. The zero-order valence-corrected chi connectivity index (χ0v) is 8.28. The highest BCUT2D eigenvalue weighted by atomic mass is 79.9. The summed E-state index contributed by atoms with van der Waals surface area (Å²) >= 11 is 0. The van der Waals surface area contributed by atoms with Crippen LogP contribution in [0.2, 0.25) is 0 Å². The van der Waals surface area contributed by atoms with Crippen LogP contribution in [0.3, 0.4) is 0 Å². The summed E-state index contributed by atoms with van der Waals surface area (Å²) in [5, 5.41) is 3.52. The second kappa shape index (κ2) is 6.17. The lowest BCUT2D eigenvalue weighted by molar-refractivity contribution is -0.00000213. The molecular weight excluding hydrogens is 190 g/mol. The number of nitrogens with one attached hydrogen (secondary N) is 1. The van der Waals surface area contributed by atoms with Gasteiger partial charge in [-0.2, -0.15) is 0 Å². The molecule has 1 fully saturated rings. The third kappa shape index (κ3) is 3.57. The highest BCUT2D eigenvalue weighted by Crippen LogP contribution is 2.10. The minimum absolute atomic E-state index is 0. The fourth-order valence-corrected chi connectivity index (χ4v) is 1.52. The third-order valence-corrected chi connectivity index (χ3v) is 2.05. The monoisotopic (exact) mass is 207 g/mol. The van der Waals surface area contributed by atoms with E-state index in [4.69, 9.17) is 0 Å². The summed E-state index contributed by atoms with van der Waals surface area (Å²) in [7, 11) is 0. The SMILES string of the molecule is CCCC1CCCCN1.[Br-].[H+]. The molecule has 1 N–H and O–H groups in total. The topological polar surface area (TPSA) is 12.0 Å². The first kappa shape index (κ1) is 10.4. The van der Waals surface area contributed by atoms with Crippen molar-refractivity contribution in [1.29, 1.82) is 0 Å². The molecule has 62 valence electrons. The molecule has 1 heterocycles. The van der Waals surface area contributed by atoms with E-state index in [-0.39, 0.29) is 18.4 Å². The standard InChI is InChI=1S/C8H17N.BrH/c1-2-5-8-6-3-4-7-9-8;/h8-9H,2-7H2,1H3;1H. The van der Waals surface area contributed by atoms with Gasteiger partial charge in [0.15, 0.2) is 0 Å². The molecule has 0 aromatic heterocycles. The van der Waals surface area contributed by atoms with Crippen LogP contribution in [0.1, 0.15) is 40.5 Å². The van der Waals surface area contributed by atoms with E-state index in [9.17, 15) is 0 Å². The molecule has 1 rings (SSSR count). The van der Waals surface area contributed by atoms with Crippen molar-refractivity contribution >= 4 is 0 Å². The van der Waals surface area contributed by atoms with E-state index in [1.165, 1.54) is 38.6 Å². The van der Waals surface area contributed by atoms with Gasteiger partial charge in [-0.05, 0) is 25.8 Å². The van der Waals surface area contributed by atoms with Gasteiger partial charge in [-0.1, -0.05) is 19.8 Å². The smallest absolute Gasteiger partial charge is 1.00 e. The number of rotatable bonds is 2. The summed E-state index contributed by atoms with van der Waals surface area (Å²) in [6.45, 7) is 3.51. The lowest BCUT2D eigenvalue weighted by Crippen LogP contribution is -3.00. The van der Waals surface area contributed by atoms with Crippen molar-refractivity contribution in [2.45, 2.75) is 45.1 Å². The van der Waals surface area contributed by atoms with E-state index in [0.29, 0.717) is 0 Å². The van der Waals surface area contributed by atoms with E-state index in [1.807, 2.05) is 0 Å². The third-order valence-electron chi connectivity index (χ3n) is 2.05. The van der Waals surface area contributed by atoms with E-state index in [2.05, 4.69) is 12.2 Å². The van der Waals surface area contributed by atoms with Crippen molar-refractivity contribution in [3.63, 3.8) is 0 Å². The molecule has 1 aliphatic heterocycles. The van der Waals surface area contributed by atoms with Gasteiger partial charge in [-0.25, -0.2) is 0 Å². The molecule has 2 heteroatoms. The molecule has 0 amide bonds. The molecule has 0 aromatic rings. The second-order valence-electron chi connectivity index (χ2n) is 2.94. The van der Waals surface area contributed by atoms with Crippen molar-refractivity contribution in [3.8, 4) is 0 Å². The van der Waals surface area contributed by atoms with Crippen molar-refractivity contribution in [3.05, 3.63) is 0 Å². The fourth-order valence-electron chi connectivity index (χ4n) is 1.52. The number of halogens is 1. The number of piperidine rings is 1. The molecule has 0 radical (unpaired) electrons. The maximum atomic E-state index is 3.52. The molecule has 1 unspecified atom stereocenters. The van der Waals surface area contributed by atoms with Gasteiger partial charge in [0.05, 0.1) is 0 Å². The Morgan fingerprint density at radius 2 is 2.30 bits per heavy atom. The molecule has 1 atom stereocenters. The molecule has 1 nitrogen and oxygen atoms in total. The fraction of sp³-hybridized carbons (Fsp3) is 1.00. The highest BCUT2D eigenvalue weighted by molar-refractivity contribution is 4.70. The molecule has 0 spiro atoms. The van der Waals surface area contributed by atoms with Gasteiger partial charge >= 0.3 is 1.43 Å². The van der Waals surface area contributed by atoms with Crippen LogP contribution in [-0.2, 0) is 0 Å². The summed E-state index contributed by atoms with van der Waals surface area (Å²) in [5.74, 6) is 0. The Balaban J connectivity index is 0. The Kier molecular flexibility index (Phi) is 6.44. The molecule has 0 aliphatic carbocycles. The van der Waals surface area contributed by atoms with Crippen molar-refractivity contribution < 1.29 is 18.4 Å². The van der Waals surface area contributed by atoms with Gasteiger partial charge in [0.2, 0.25) is 0 Å². The zero-order valence-electron chi connectivity index (χ0n) is 7.70. The summed E-state index contributed by atoms with van der Waals surface area (Å²) in [6.07, 6.45) is 6.95. The first-order valence-corrected chi connectivity index (χ1v) is 4.17. The molecule has 0 saturated carbocycles. The summed E-state index contributed by atoms with van der Waals surface area (Å²) in [4.78, 5) is 0. The molecule has 1 aliphatic rings. The Hall–Kier alpha value is 0.440. The number of hydrogen-bond acceptors (Lipinski definition) is 1. The first-order valence-electron chi connectivity index (χ1n) is 4.17. The van der Waals surface area contributed by atoms with Gasteiger partial charge in [0.1, 0.15) is 0 Å². The maximum Gasteiger partial charge on any atom is 1.00 e. The van der Waals surface area contributed by atoms with E-state index in [1.54, 1.807) is 0 Å².